The summed E-state index contributed by atoms with van der Waals surface area (Å²) in [5.41, 5.74) is 17.2. The molecule has 5 aromatic rings. The number of carboxylic acids is 2. The van der Waals surface area contributed by atoms with Crippen LogP contribution in [-0.4, -0.2) is 245 Å². The number of ether oxygens (including phenoxy) is 2. The molecule has 42 nitrogen and oxygen atoms in total. The lowest BCUT2D eigenvalue weighted by Gasteiger charge is -2.39. The number of amides is 11. The van der Waals surface area contributed by atoms with Crippen LogP contribution >= 0.6 is 32.9 Å². The number of aliphatic carboxylic acids is 2. The van der Waals surface area contributed by atoms with Crippen LogP contribution in [0.2, 0.25) is 0 Å². The molecule has 126 heavy (non-hydrogen) atoms. The van der Waals surface area contributed by atoms with Crippen LogP contribution in [0.3, 0.4) is 0 Å². The SMILES string of the molecule is CCCC(=O)OCN(C(=O)[C@@H](NC(=O)[C@H]1CCCCN1C)C(C)CC)[C@H](C[C@@H](C)c1nc(C(=O)N[C@@H](Cc2ccc(O)cc2)C[C@H](C)C(=O)NNC(=O)OCCSSCCNC(=O)[C@@H](C)NC(=O)[C@@H](CC(=O)O)NC(=O)[C@@H](CCCNC(=N)N)NC(=O)[C@@H](CC(=O)O)NC(=O)CCCNC(=O)c2ccc(NCc3cnc4nc(N)[nH]c(=O)c4n3)cc2)cs1)C(C)C. The van der Waals surface area contributed by atoms with Gasteiger partial charge >= 0.3 is 24.0 Å². The van der Waals surface area contributed by atoms with Crippen molar-refractivity contribution < 1.29 is 91.9 Å². The number of likely N-dealkylation sites (N-methyl/N-ethyl adjacent to an activating group) is 1. The lowest BCUT2D eigenvalue weighted by atomic mass is 9.90. The second-order valence-electron chi connectivity index (χ2n) is 30.9. The molecule has 0 spiro atoms. The van der Waals surface area contributed by atoms with Gasteiger partial charge in [0.1, 0.15) is 48.3 Å². The first kappa shape index (κ1) is 103. The van der Waals surface area contributed by atoms with Crippen molar-refractivity contribution in [1.29, 1.82) is 5.41 Å². The Bertz CT molecular complexity index is 4600. The molecule has 1 aliphatic heterocycles. The van der Waals surface area contributed by atoms with E-state index in [9.17, 15) is 87.2 Å². The van der Waals surface area contributed by atoms with Gasteiger partial charge in [0.2, 0.25) is 53.2 Å². The number of likely N-dealkylation sites (tertiary alicyclic amines) is 1. The zero-order valence-corrected chi connectivity index (χ0v) is 74.5. The Morgan fingerprint density at radius 1 is 0.722 bits per heavy atom. The molecule has 0 radical (unpaired) electrons. The van der Waals surface area contributed by atoms with E-state index in [1.807, 2.05) is 53.5 Å². The highest BCUT2D eigenvalue weighted by atomic mass is 33.1. The molecular weight excluding hydrogens is 1700 g/mol. The summed E-state index contributed by atoms with van der Waals surface area (Å²) in [6.07, 6.45) is 2.45. The number of carboxylic acid groups (broad SMARTS) is 2. The Morgan fingerprint density at radius 2 is 1.39 bits per heavy atom. The third-order valence-corrected chi connectivity index (χ3v) is 23.8. The predicted molar refractivity (Wildman–Crippen MR) is 470 cm³/mol. The molecule has 3 aromatic heterocycles. The van der Waals surface area contributed by atoms with E-state index in [1.54, 1.807) is 41.5 Å². The zero-order valence-electron chi connectivity index (χ0n) is 72.0. The number of phenols is 1. The maximum absolute atomic E-state index is 14.9. The minimum Gasteiger partial charge on any atom is -0.508 e. The third kappa shape index (κ3) is 35.2. The molecule has 0 bridgehead atoms. The summed E-state index contributed by atoms with van der Waals surface area (Å²) in [7, 11) is 4.45. The molecule has 11 amide bonds. The number of nitrogens with zero attached hydrogens (tertiary/aromatic N) is 6. The fourth-order valence-electron chi connectivity index (χ4n) is 13.2. The van der Waals surface area contributed by atoms with Gasteiger partial charge < -0.3 is 94.3 Å². The molecule has 11 atom stereocenters. The van der Waals surface area contributed by atoms with Gasteiger partial charge in [0.25, 0.3) is 17.4 Å². The quantitative estimate of drug-likeness (QED) is 0.00506. The van der Waals surface area contributed by atoms with E-state index in [2.05, 4.69) is 84.0 Å². The topological polar surface area (TPSA) is 629 Å². The standard InChI is InChI=1S/C81H118N22O20S3/c1-10-16-64(110)123-43-103(78(120)65(45(5)11-2)97-75(118)59-18-12-13-31-102(59)9)60(44(3)4)36-47(7)77-96-58(42-124-77)74(117)92-52(37-49-20-26-54(104)27-21-49)35-46(6)68(111)100-101-81(121)122-32-34-126-125-33-30-86-69(112)48(8)90-72(115)57(39-63(108)109)95-71(114)55(17-14-29-87-79(82)83)94-73(116)56(38-62(106)107)93-61(105)19-15-28-85-70(113)50-22-24-51(25-23-50)88-40-53-41-89-67-66(91-53)76(119)99-80(84)98-67/h20-27,41-42,44-48,52,55-57,59-60,65,88,104H,10-19,28-40,43H2,1-9H3,(H,85,113)(H,86,112)(H,90,115)(H,92,117)(H,93,105)(H,94,116)(H,95,114)(H,97,118)(H,100,111)(H,101,121)(H,106,107)(H,108,109)(H4,82,83,87)(H3,84,89,98,99,119)/t45?,46-,47+,48+,52+,55+,56+,57+,59+,60+,65-/m0/s1. The van der Waals surface area contributed by atoms with E-state index in [-0.39, 0.29) is 160 Å². The van der Waals surface area contributed by atoms with Crippen LogP contribution in [0.25, 0.3) is 11.2 Å². The van der Waals surface area contributed by atoms with Gasteiger partial charge in [-0.1, -0.05) is 95.0 Å². The number of fused-ring (bicyclic) bond motifs is 1. The predicted octanol–water partition coefficient (Wildman–Crippen LogP) is 2.74. The molecule has 45 heteroatoms. The van der Waals surface area contributed by atoms with Crippen LogP contribution < -0.4 is 81.0 Å². The summed E-state index contributed by atoms with van der Waals surface area (Å²) in [6, 6.07) is 3.68. The summed E-state index contributed by atoms with van der Waals surface area (Å²) in [6.45, 7) is 15.0. The minimum absolute atomic E-state index is 0.00558. The van der Waals surface area contributed by atoms with Crippen LogP contribution in [0.15, 0.2) is 64.9 Å². The number of phenolic OH excluding ortho intramolecular Hbond substituents is 1. The Labute approximate surface area is 740 Å². The molecule has 1 saturated heterocycles. The Balaban J connectivity index is 0.924. The van der Waals surface area contributed by atoms with Crippen molar-refractivity contribution in [3.8, 4) is 5.75 Å². The first-order valence-electron chi connectivity index (χ1n) is 41.5. The number of hydrazine groups is 1. The highest BCUT2D eigenvalue weighted by Gasteiger charge is 2.40. The molecule has 21 N–H and O–H groups in total. The normalized spacial score (nSPS) is 15.0. The van der Waals surface area contributed by atoms with Gasteiger partial charge in [-0.2, -0.15) is 4.98 Å². The second kappa shape index (κ2) is 52.7. The first-order valence-corrected chi connectivity index (χ1v) is 44.9. The number of esters is 1. The average Bonchev–Trinajstić information content (AvgIpc) is 0.819. The first-order chi connectivity index (χ1) is 59.9. The molecule has 0 saturated carbocycles. The van der Waals surface area contributed by atoms with Gasteiger partial charge in [-0.05, 0) is 132 Å². The molecule has 690 valence electrons. The van der Waals surface area contributed by atoms with E-state index >= 15 is 0 Å². The van der Waals surface area contributed by atoms with E-state index in [0.29, 0.717) is 47.8 Å². The van der Waals surface area contributed by atoms with E-state index in [4.69, 9.17) is 31.3 Å². The van der Waals surface area contributed by atoms with Crippen molar-refractivity contribution in [2.24, 2.45) is 23.5 Å². The second-order valence-corrected chi connectivity index (χ2v) is 34.5. The molecule has 2 aromatic carbocycles. The largest absolute Gasteiger partial charge is 0.508 e. The van der Waals surface area contributed by atoms with Crippen molar-refractivity contribution in [2.75, 3.05) is 69.1 Å². The van der Waals surface area contributed by atoms with Crippen molar-refractivity contribution >= 4 is 145 Å². The van der Waals surface area contributed by atoms with Crippen LogP contribution in [0.1, 0.15) is 188 Å². The highest BCUT2D eigenvalue weighted by Crippen LogP contribution is 2.31. The molecular formula is C81H118N22O20S3. The maximum Gasteiger partial charge on any atom is 0.426 e. The Kier molecular flexibility index (Phi) is 43.0. The molecule has 4 heterocycles. The van der Waals surface area contributed by atoms with E-state index < -0.39 is 144 Å². The molecule has 1 aliphatic rings. The van der Waals surface area contributed by atoms with Crippen LogP contribution in [0.5, 0.6) is 5.75 Å². The number of carbonyl (C=O) groups excluding carboxylic acids is 12. The van der Waals surface area contributed by atoms with Crippen molar-refractivity contribution in [3.63, 3.8) is 0 Å². The number of H-pyrrole nitrogens is 1. The van der Waals surface area contributed by atoms with Gasteiger partial charge in [0.05, 0.1) is 42.3 Å². The number of nitrogen functional groups attached to an aromatic ring is 1. The molecule has 1 fully saturated rings. The number of anilines is 2. The lowest BCUT2D eigenvalue weighted by Crippen LogP contribution is -2.59. The van der Waals surface area contributed by atoms with Crippen LogP contribution in [-0.2, 0) is 75.2 Å². The number of aromatic hydroxyl groups is 1. The van der Waals surface area contributed by atoms with Crippen LogP contribution in [0.4, 0.5) is 16.4 Å². The fraction of sp³-hybridized carbons (Fsp3) is 0.556. The van der Waals surface area contributed by atoms with E-state index in [0.717, 1.165) is 24.9 Å². The fourth-order valence-corrected chi connectivity index (χ4v) is 15.8. The maximum atomic E-state index is 14.9. The number of hydrogen-bond acceptors (Lipinski definition) is 29. The Morgan fingerprint density at radius 3 is 2.06 bits per heavy atom. The molecule has 1 unspecified atom stereocenters. The van der Waals surface area contributed by atoms with Crippen LogP contribution in [0, 0.1) is 23.2 Å². The number of rotatable bonds is 52. The summed E-state index contributed by atoms with van der Waals surface area (Å²) in [5.74, 6) is -12.1. The van der Waals surface area contributed by atoms with Gasteiger partial charge in [-0.25, -0.2) is 25.2 Å². The minimum atomic E-state index is -1.84. The van der Waals surface area contributed by atoms with Gasteiger partial charge in [0.15, 0.2) is 23.9 Å². The number of thiazole rings is 1. The number of nitrogens with one attached hydrogen (secondary N) is 14. The van der Waals surface area contributed by atoms with E-state index in [1.165, 1.54) is 70.3 Å². The highest BCUT2D eigenvalue weighted by molar-refractivity contribution is 8.76. The average molecular weight is 1820 g/mol. The smallest absolute Gasteiger partial charge is 0.426 e. The number of guanidine groups is 1. The van der Waals surface area contributed by atoms with Gasteiger partial charge in [-0.15, -0.1) is 11.3 Å². The number of benzene rings is 2. The zero-order chi connectivity index (χ0) is 92.7. The number of nitrogens with two attached hydrogens (primary N) is 2. The summed E-state index contributed by atoms with van der Waals surface area (Å²) < 4.78 is 11.0. The number of hydrogen-bond donors (Lipinski definition) is 19. The lowest BCUT2D eigenvalue weighted by molar-refractivity contribution is -0.159. The van der Waals surface area contributed by atoms with Crippen molar-refractivity contribution in [2.45, 2.75) is 212 Å². The number of carbonyl (C=O) groups is 14. The van der Waals surface area contributed by atoms with Gasteiger partial charge in [-0.3, -0.25) is 87.8 Å². The summed E-state index contributed by atoms with van der Waals surface area (Å²) in [5, 5.41) is 65.6. The van der Waals surface area contributed by atoms with Gasteiger partial charge in [0, 0.05) is 84.5 Å². The summed E-state index contributed by atoms with van der Waals surface area (Å²) in [4.78, 5) is 222. The summed E-state index contributed by atoms with van der Waals surface area (Å²) >= 11 is 1.26. The number of aromatic amines is 1. The number of aromatic nitrogens is 5. The molecule has 0 aliphatic carbocycles. The van der Waals surface area contributed by atoms with Crippen molar-refractivity contribution in [1.82, 2.24) is 93.4 Å². The third-order valence-electron chi connectivity index (χ3n) is 20.4. The monoisotopic (exact) mass is 1810 g/mol. The van der Waals surface area contributed by atoms with Crippen molar-refractivity contribution in [3.05, 3.63) is 98.0 Å². The Hall–Kier alpha value is -12.0. The number of piperidine rings is 1. The molecule has 6 rings (SSSR count).